The van der Waals surface area contributed by atoms with Crippen molar-refractivity contribution >= 4 is 5.78 Å². The Morgan fingerprint density at radius 3 is 2.08 bits per heavy atom. The maximum atomic E-state index is 11.7. The Bertz CT molecular complexity index is 338. The molecular formula is C21H38O3. The monoisotopic (exact) mass is 338 g/mol. The number of carbonyl (C=O) groups is 1. The highest BCUT2D eigenvalue weighted by Gasteiger charge is 2.24. The van der Waals surface area contributed by atoms with Crippen LogP contribution in [0.2, 0.25) is 0 Å². The maximum absolute atomic E-state index is 11.7. The molecule has 0 N–H and O–H groups in total. The molecular weight excluding hydrogens is 300 g/mol. The van der Waals surface area contributed by atoms with Crippen molar-refractivity contribution in [3.63, 3.8) is 0 Å². The maximum Gasteiger partial charge on any atom is 0.184 e. The number of rotatable bonds is 15. The molecule has 3 heteroatoms. The van der Waals surface area contributed by atoms with E-state index in [2.05, 4.69) is 13.8 Å². The zero-order valence-corrected chi connectivity index (χ0v) is 15.9. The fraction of sp³-hybridized carbons (Fsp3) is 0.857. The third-order valence-corrected chi connectivity index (χ3v) is 4.63. The molecule has 0 aromatic heterocycles. The van der Waals surface area contributed by atoms with E-state index in [9.17, 15) is 4.79 Å². The third kappa shape index (κ3) is 10.2. The van der Waals surface area contributed by atoms with E-state index < -0.39 is 0 Å². The number of unbranched alkanes of at least 4 members (excludes halogenated alkanes) is 10. The lowest BCUT2D eigenvalue weighted by molar-refractivity contribution is -0.164. The zero-order valence-electron chi connectivity index (χ0n) is 15.9. The number of hydrogen-bond acceptors (Lipinski definition) is 3. The fourth-order valence-corrected chi connectivity index (χ4v) is 3.04. The molecule has 2 atom stereocenters. The van der Waals surface area contributed by atoms with E-state index in [1.807, 2.05) is 0 Å². The predicted octanol–water partition coefficient (Wildman–Crippen LogP) is 5.96. The van der Waals surface area contributed by atoms with Gasteiger partial charge in [0.1, 0.15) is 6.10 Å². The summed E-state index contributed by atoms with van der Waals surface area (Å²) in [5.74, 6) is 0.0854. The van der Waals surface area contributed by atoms with Gasteiger partial charge >= 0.3 is 0 Å². The van der Waals surface area contributed by atoms with Gasteiger partial charge in [-0.3, -0.25) is 4.79 Å². The van der Waals surface area contributed by atoms with E-state index in [0.717, 1.165) is 32.3 Å². The molecule has 0 aliphatic carbocycles. The summed E-state index contributed by atoms with van der Waals surface area (Å²) in [5, 5.41) is 0. The summed E-state index contributed by atoms with van der Waals surface area (Å²) >= 11 is 0. The van der Waals surface area contributed by atoms with Crippen LogP contribution in [-0.2, 0) is 14.3 Å². The van der Waals surface area contributed by atoms with Gasteiger partial charge in [-0.15, -0.1) is 0 Å². The second-order valence-corrected chi connectivity index (χ2v) is 6.95. The summed E-state index contributed by atoms with van der Waals surface area (Å²) in [6, 6.07) is 0. The third-order valence-electron chi connectivity index (χ3n) is 4.63. The van der Waals surface area contributed by atoms with Crippen molar-refractivity contribution in [1.29, 1.82) is 0 Å². The number of ketones is 1. The van der Waals surface area contributed by atoms with Gasteiger partial charge in [-0.25, -0.2) is 0 Å². The molecule has 140 valence electrons. The lowest BCUT2D eigenvalue weighted by Crippen LogP contribution is -2.33. The minimum Gasteiger partial charge on any atom is -0.349 e. The molecule has 0 spiro atoms. The summed E-state index contributed by atoms with van der Waals surface area (Å²) in [6.45, 7) is 5.11. The van der Waals surface area contributed by atoms with E-state index in [1.54, 1.807) is 12.2 Å². The van der Waals surface area contributed by atoms with Gasteiger partial charge in [0.15, 0.2) is 12.1 Å². The van der Waals surface area contributed by atoms with Crippen LogP contribution < -0.4 is 0 Å². The van der Waals surface area contributed by atoms with Gasteiger partial charge in [0.2, 0.25) is 0 Å². The van der Waals surface area contributed by atoms with Crippen LogP contribution in [0.3, 0.4) is 0 Å². The molecule has 0 saturated carbocycles. The molecule has 0 radical (unpaired) electrons. The van der Waals surface area contributed by atoms with Gasteiger partial charge in [-0.05, 0) is 25.0 Å². The topological polar surface area (TPSA) is 35.5 Å². The summed E-state index contributed by atoms with van der Waals surface area (Å²) < 4.78 is 11.5. The van der Waals surface area contributed by atoms with Crippen LogP contribution in [0.25, 0.3) is 0 Å². The Balaban J connectivity index is 1.95. The van der Waals surface area contributed by atoms with Gasteiger partial charge in [0.25, 0.3) is 0 Å². The van der Waals surface area contributed by atoms with Crippen molar-refractivity contribution in [2.45, 2.75) is 110 Å². The highest BCUT2D eigenvalue weighted by molar-refractivity contribution is 5.94. The Kier molecular flexibility index (Phi) is 13.1. The van der Waals surface area contributed by atoms with Gasteiger partial charge in [-0.2, -0.15) is 0 Å². The Labute approximate surface area is 149 Å². The Morgan fingerprint density at radius 2 is 1.46 bits per heavy atom. The van der Waals surface area contributed by atoms with Gasteiger partial charge < -0.3 is 9.47 Å². The first-order valence-corrected chi connectivity index (χ1v) is 10.3. The van der Waals surface area contributed by atoms with Gasteiger partial charge in [0, 0.05) is 0 Å². The van der Waals surface area contributed by atoms with E-state index >= 15 is 0 Å². The van der Waals surface area contributed by atoms with Crippen LogP contribution in [0, 0.1) is 0 Å². The molecule has 0 amide bonds. The van der Waals surface area contributed by atoms with Crippen molar-refractivity contribution in [1.82, 2.24) is 0 Å². The van der Waals surface area contributed by atoms with Crippen LogP contribution in [0.15, 0.2) is 12.2 Å². The largest absolute Gasteiger partial charge is 0.349 e. The van der Waals surface area contributed by atoms with E-state index in [1.165, 1.54) is 57.8 Å². The summed E-state index contributed by atoms with van der Waals surface area (Å²) in [5.41, 5.74) is 0. The van der Waals surface area contributed by atoms with Crippen LogP contribution in [0.4, 0.5) is 0 Å². The number of hydrogen-bond donors (Lipinski definition) is 0. The van der Waals surface area contributed by atoms with Gasteiger partial charge in [-0.1, -0.05) is 84.5 Å². The average Bonchev–Trinajstić information content (AvgIpc) is 2.59. The van der Waals surface area contributed by atoms with E-state index in [0.29, 0.717) is 0 Å². The van der Waals surface area contributed by atoms with Crippen LogP contribution in [0.5, 0.6) is 0 Å². The fourth-order valence-electron chi connectivity index (χ4n) is 3.04. The van der Waals surface area contributed by atoms with E-state index in [4.69, 9.17) is 9.47 Å². The quantitative estimate of drug-likeness (QED) is 0.345. The highest BCUT2D eigenvalue weighted by Crippen LogP contribution is 2.16. The van der Waals surface area contributed by atoms with Crippen molar-refractivity contribution in [2.24, 2.45) is 0 Å². The molecule has 0 bridgehead atoms. The summed E-state index contributed by atoms with van der Waals surface area (Å²) in [6.07, 6.45) is 18.9. The lowest BCUT2D eigenvalue weighted by atomic mass is 10.1. The van der Waals surface area contributed by atoms with Crippen molar-refractivity contribution < 1.29 is 14.3 Å². The normalized spacial score (nSPS) is 20.7. The standard InChI is InChI=1S/C21H38O3/c1-3-5-7-8-9-10-11-12-13-14-18-23-21-17-16-19(22)20(24-21)15-6-4-2/h16-17,20-21H,3-15,18H2,1-2H3. The summed E-state index contributed by atoms with van der Waals surface area (Å²) in [4.78, 5) is 11.7. The molecule has 1 rings (SSSR count). The molecule has 24 heavy (non-hydrogen) atoms. The number of ether oxygens (including phenoxy) is 2. The smallest absolute Gasteiger partial charge is 0.184 e. The minimum atomic E-state index is -0.330. The second kappa shape index (κ2) is 14.7. The van der Waals surface area contributed by atoms with E-state index in [-0.39, 0.29) is 18.2 Å². The molecule has 1 aliphatic rings. The zero-order chi connectivity index (χ0) is 17.5. The molecule has 3 nitrogen and oxygen atoms in total. The molecule has 1 aliphatic heterocycles. The minimum absolute atomic E-state index is 0.0854. The number of carbonyl (C=O) groups excluding carboxylic acids is 1. The highest BCUT2D eigenvalue weighted by atomic mass is 16.7. The average molecular weight is 339 g/mol. The Hall–Kier alpha value is -0.670. The first-order chi connectivity index (χ1) is 11.8. The van der Waals surface area contributed by atoms with Crippen molar-refractivity contribution in [3.8, 4) is 0 Å². The Morgan fingerprint density at radius 1 is 0.875 bits per heavy atom. The lowest BCUT2D eigenvalue weighted by Gasteiger charge is -2.24. The van der Waals surface area contributed by atoms with Crippen molar-refractivity contribution in [3.05, 3.63) is 12.2 Å². The van der Waals surface area contributed by atoms with Crippen LogP contribution in [-0.4, -0.2) is 24.8 Å². The molecule has 2 unspecified atom stereocenters. The van der Waals surface area contributed by atoms with Crippen LogP contribution in [0.1, 0.15) is 97.3 Å². The van der Waals surface area contributed by atoms with Crippen molar-refractivity contribution in [2.75, 3.05) is 6.61 Å². The molecule has 0 saturated heterocycles. The van der Waals surface area contributed by atoms with Gasteiger partial charge in [0.05, 0.1) is 6.61 Å². The first-order valence-electron chi connectivity index (χ1n) is 10.3. The van der Waals surface area contributed by atoms with Crippen LogP contribution >= 0.6 is 0 Å². The second-order valence-electron chi connectivity index (χ2n) is 6.95. The molecule has 0 fully saturated rings. The predicted molar refractivity (Wildman–Crippen MR) is 100 cm³/mol. The molecule has 1 heterocycles. The summed E-state index contributed by atoms with van der Waals surface area (Å²) in [7, 11) is 0. The molecule has 0 aromatic carbocycles. The molecule has 0 aromatic rings. The SMILES string of the molecule is CCCCCCCCCCCCOC1C=CC(=O)C(CCCC)O1. The first kappa shape index (κ1) is 21.4.